The van der Waals surface area contributed by atoms with Crippen molar-refractivity contribution in [1.82, 2.24) is 4.90 Å². The van der Waals surface area contributed by atoms with Crippen LogP contribution < -0.4 is 0 Å². The summed E-state index contributed by atoms with van der Waals surface area (Å²) in [6, 6.07) is 10.5. The zero-order valence-electron chi connectivity index (χ0n) is 8.89. The van der Waals surface area contributed by atoms with Gasteiger partial charge in [0.25, 0.3) is 0 Å². The van der Waals surface area contributed by atoms with E-state index in [1.54, 1.807) is 0 Å². The van der Waals surface area contributed by atoms with Crippen molar-refractivity contribution in [1.29, 1.82) is 0 Å². The van der Waals surface area contributed by atoms with Crippen molar-refractivity contribution in [2.24, 2.45) is 5.41 Å². The first-order valence-electron chi connectivity index (χ1n) is 5.73. The lowest BCUT2D eigenvalue weighted by molar-refractivity contribution is 0.131. The smallest absolute Gasteiger partial charge is 0.0735 e. The molecular formula is C13H17NO. The maximum atomic E-state index is 9.93. The van der Waals surface area contributed by atoms with Crippen molar-refractivity contribution in [3.05, 3.63) is 35.9 Å². The number of rotatable bonds is 2. The van der Waals surface area contributed by atoms with E-state index in [4.69, 9.17) is 0 Å². The Hall–Kier alpha value is -0.860. The minimum absolute atomic E-state index is 0.0822. The number of β-amino-alcohol motifs (C(OH)–C–C–N with tert-alkyl or cyclic N) is 1. The van der Waals surface area contributed by atoms with Gasteiger partial charge < -0.3 is 5.11 Å². The van der Waals surface area contributed by atoms with E-state index in [1.165, 1.54) is 18.4 Å². The maximum absolute atomic E-state index is 9.93. The van der Waals surface area contributed by atoms with Gasteiger partial charge in [-0.2, -0.15) is 0 Å². The minimum Gasteiger partial charge on any atom is -0.391 e. The van der Waals surface area contributed by atoms with Crippen LogP contribution in [0, 0.1) is 5.41 Å². The molecule has 80 valence electrons. The van der Waals surface area contributed by atoms with Gasteiger partial charge in [0.05, 0.1) is 6.10 Å². The molecule has 0 aromatic heterocycles. The van der Waals surface area contributed by atoms with Gasteiger partial charge in [0.1, 0.15) is 0 Å². The van der Waals surface area contributed by atoms with Crippen molar-refractivity contribution >= 4 is 0 Å². The molecule has 1 atom stereocenters. The van der Waals surface area contributed by atoms with Crippen LogP contribution in [0.15, 0.2) is 30.3 Å². The molecule has 2 heteroatoms. The fraction of sp³-hybridized carbons (Fsp3) is 0.538. The zero-order valence-corrected chi connectivity index (χ0v) is 8.89. The van der Waals surface area contributed by atoms with Gasteiger partial charge in [0, 0.05) is 25.0 Å². The summed E-state index contributed by atoms with van der Waals surface area (Å²) in [6.07, 6.45) is 2.36. The Bertz CT molecular complexity index is 345. The Morgan fingerprint density at radius 1 is 1.27 bits per heavy atom. The lowest BCUT2D eigenvalue weighted by Crippen LogP contribution is -2.21. The second-order valence-corrected chi connectivity index (χ2v) is 5.03. The zero-order chi connectivity index (χ0) is 10.3. The third kappa shape index (κ3) is 1.68. The van der Waals surface area contributed by atoms with Gasteiger partial charge in [-0.05, 0) is 18.4 Å². The molecule has 1 N–H and O–H groups in total. The molecule has 2 nitrogen and oxygen atoms in total. The summed E-state index contributed by atoms with van der Waals surface area (Å²) in [4.78, 5) is 2.38. The summed E-state index contributed by atoms with van der Waals surface area (Å²) in [5, 5.41) is 9.93. The number of hydrogen-bond donors (Lipinski definition) is 1. The molecule has 0 amide bonds. The van der Waals surface area contributed by atoms with E-state index in [1.807, 2.05) is 6.07 Å². The van der Waals surface area contributed by atoms with Crippen LogP contribution in [0.1, 0.15) is 18.4 Å². The normalized spacial score (nSPS) is 28.5. The molecule has 1 saturated heterocycles. The van der Waals surface area contributed by atoms with Crippen LogP contribution in [0.4, 0.5) is 0 Å². The monoisotopic (exact) mass is 203 g/mol. The fourth-order valence-electron chi connectivity index (χ4n) is 2.67. The molecule has 1 aliphatic carbocycles. The van der Waals surface area contributed by atoms with E-state index >= 15 is 0 Å². The number of aliphatic hydroxyl groups excluding tert-OH is 1. The predicted octanol–water partition coefficient (Wildman–Crippen LogP) is 1.64. The average molecular weight is 203 g/mol. The SMILES string of the molecule is O[C@H]1CN(Cc2ccccc2)CC12CC2. The second kappa shape index (κ2) is 3.32. The van der Waals surface area contributed by atoms with Crippen LogP contribution in [0.3, 0.4) is 0 Å². The molecule has 1 aliphatic heterocycles. The quantitative estimate of drug-likeness (QED) is 0.790. The van der Waals surface area contributed by atoms with E-state index < -0.39 is 0 Å². The Morgan fingerprint density at radius 3 is 2.60 bits per heavy atom. The third-order valence-corrected chi connectivity index (χ3v) is 3.82. The van der Waals surface area contributed by atoms with Crippen LogP contribution >= 0.6 is 0 Å². The van der Waals surface area contributed by atoms with Gasteiger partial charge in [-0.1, -0.05) is 30.3 Å². The number of benzene rings is 1. The molecule has 2 aliphatic rings. The first-order chi connectivity index (χ1) is 7.28. The van der Waals surface area contributed by atoms with E-state index in [-0.39, 0.29) is 11.5 Å². The second-order valence-electron chi connectivity index (χ2n) is 5.03. The van der Waals surface area contributed by atoms with E-state index in [9.17, 15) is 5.11 Å². The molecular weight excluding hydrogens is 186 g/mol. The van der Waals surface area contributed by atoms with Crippen molar-refractivity contribution in [2.45, 2.75) is 25.5 Å². The highest BCUT2D eigenvalue weighted by Gasteiger charge is 2.54. The van der Waals surface area contributed by atoms with Crippen molar-refractivity contribution in [2.75, 3.05) is 13.1 Å². The van der Waals surface area contributed by atoms with Crippen LogP contribution in [0.25, 0.3) is 0 Å². The molecule has 1 spiro atoms. The molecule has 0 bridgehead atoms. The maximum Gasteiger partial charge on any atom is 0.0735 e. The van der Waals surface area contributed by atoms with Crippen molar-refractivity contribution in [3.8, 4) is 0 Å². The Labute approximate surface area is 90.5 Å². The van der Waals surface area contributed by atoms with Gasteiger partial charge in [-0.15, -0.1) is 0 Å². The highest BCUT2D eigenvalue weighted by molar-refractivity contribution is 5.16. The number of hydrogen-bond acceptors (Lipinski definition) is 2. The van der Waals surface area contributed by atoms with Gasteiger partial charge in [0.15, 0.2) is 0 Å². The largest absolute Gasteiger partial charge is 0.391 e. The molecule has 0 unspecified atom stereocenters. The van der Waals surface area contributed by atoms with E-state index in [0.29, 0.717) is 0 Å². The van der Waals surface area contributed by atoms with E-state index in [2.05, 4.69) is 29.2 Å². The van der Waals surface area contributed by atoms with Crippen LogP contribution in [0.5, 0.6) is 0 Å². The molecule has 1 heterocycles. The van der Waals surface area contributed by atoms with Crippen molar-refractivity contribution in [3.63, 3.8) is 0 Å². The fourth-order valence-corrected chi connectivity index (χ4v) is 2.67. The highest BCUT2D eigenvalue weighted by atomic mass is 16.3. The van der Waals surface area contributed by atoms with Gasteiger partial charge >= 0.3 is 0 Å². The lowest BCUT2D eigenvalue weighted by atomic mass is 10.0. The molecule has 3 rings (SSSR count). The predicted molar refractivity (Wildman–Crippen MR) is 59.4 cm³/mol. The van der Waals surface area contributed by atoms with Crippen molar-refractivity contribution < 1.29 is 5.11 Å². The molecule has 1 aromatic rings. The summed E-state index contributed by atoms with van der Waals surface area (Å²) in [5.41, 5.74) is 1.64. The highest BCUT2D eigenvalue weighted by Crippen LogP contribution is 2.52. The summed E-state index contributed by atoms with van der Waals surface area (Å²) in [5.74, 6) is 0. The number of likely N-dealkylation sites (tertiary alicyclic amines) is 1. The van der Waals surface area contributed by atoms with Gasteiger partial charge in [-0.3, -0.25) is 4.90 Å². The molecule has 15 heavy (non-hydrogen) atoms. The third-order valence-electron chi connectivity index (χ3n) is 3.82. The molecule has 1 aromatic carbocycles. The summed E-state index contributed by atoms with van der Waals surface area (Å²) in [6.45, 7) is 2.93. The standard InChI is InChI=1S/C13H17NO/c15-12-9-14(10-13(12)6-7-13)8-11-4-2-1-3-5-11/h1-5,12,15H,6-10H2/t12-/m0/s1. The Morgan fingerprint density at radius 2 is 2.00 bits per heavy atom. The Balaban J connectivity index is 1.66. The van der Waals surface area contributed by atoms with Crippen LogP contribution in [-0.4, -0.2) is 29.2 Å². The summed E-state index contributed by atoms with van der Waals surface area (Å²) < 4.78 is 0. The molecule has 2 fully saturated rings. The van der Waals surface area contributed by atoms with Gasteiger partial charge in [0.2, 0.25) is 0 Å². The van der Waals surface area contributed by atoms with Crippen LogP contribution in [0.2, 0.25) is 0 Å². The van der Waals surface area contributed by atoms with Crippen LogP contribution in [-0.2, 0) is 6.54 Å². The topological polar surface area (TPSA) is 23.5 Å². The minimum atomic E-state index is -0.0822. The van der Waals surface area contributed by atoms with Gasteiger partial charge in [-0.25, -0.2) is 0 Å². The number of nitrogens with zero attached hydrogens (tertiary/aromatic N) is 1. The van der Waals surface area contributed by atoms with E-state index in [0.717, 1.165) is 19.6 Å². The first kappa shape index (κ1) is 9.37. The number of aliphatic hydroxyl groups is 1. The summed E-state index contributed by atoms with van der Waals surface area (Å²) in [7, 11) is 0. The first-order valence-corrected chi connectivity index (χ1v) is 5.73. The molecule has 1 saturated carbocycles. The Kier molecular flexibility index (Phi) is 2.08. The summed E-state index contributed by atoms with van der Waals surface area (Å²) >= 11 is 0. The average Bonchev–Trinajstić information content (AvgIpc) is 2.93. The molecule has 0 radical (unpaired) electrons. The lowest BCUT2D eigenvalue weighted by Gasteiger charge is -2.14.